The maximum Gasteiger partial charge on any atom is 0.306 e. The zero-order valence-corrected chi connectivity index (χ0v) is 53.1. The second kappa shape index (κ2) is 68.1. The minimum atomic E-state index is -0.802. The molecule has 0 aromatic heterocycles. The minimum Gasteiger partial charge on any atom is -0.462 e. The van der Waals surface area contributed by atoms with Gasteiger partial charge in [0.1, 0.15) is 13.2 Å². The van der Waals surface area contributed by atoms with Gasteiger partial charge in [-0.1, -0.05) is 318 Å². The highest BCUT2D eigenvalue weighted by Crippen LogP contribution is 2.18. The Balaban J connectivity index is 4.34. The SMILES string of the molecule is CC/C=C\C/C=C\C/C=C\C/C=C\CCCCC(=O)OCC(COC(=O)CCCCCCCCCCCCCCCCCCCCCCCCCCCC)OC(=O)CCCCCCCC/C=C\C/C=C\C/C=C\CCCCCCC. The summed E-state index contributed by atoms with van der Waals surface area (Å²) in [6.45, 7) is 6.52. The van der Waals surface area contributed by atoms with E-state index in [1.165, 1.54) is 199 Å². The van der Waals surface area contributed by atoms with Crippen LogP contribution in [-0.4, -0.2) is 37.2 Å². The molecule has 0 amide bonds. The number of carbonyl (C=O) groups is 3. The van der Waals surface area contributed by atoms with Crippen molar-refractivity contribution in [1.82, 2.24) is 0 Å². The molecule has 0 aromatic rings. The molecule has 6 heteroatoms. The molecule has 0 aliphatic heterocycles. The van der Waals surface area contributed by atoms with Crippen molar-refractivity contribution in [1.29, 1.82) is 0 Å². The Hall–Kier alpha value is -3.41. The average molecular weight is 1120 g/mol. The van der Waals surface area contributed by atoms with Gasteiger partial charge in [-0.2, -0.15) is 0 Å². The van der Waals surface area contributed by atoms with Gasteiger partial charge in [-0.25, -0.2) is 0 Å². The Morgan fingerprint density at radius 2 is 0.487 bits per heavy atom. The topological polar surface area (TPSA) is 78.9 Å². The van der Waals surface area contributed by atoms with E-state index in [1.54, 1.807) is 0 Å². The monoisotopic (exact) mass is 1110 g/mol. The summed E-state index contributed by atoms with van der Waals surface area (Å²) < 4.78 is 16.9. The van der Waals surface area contributed by atoms with Gasteiger partial charge in [0.2, 0.25) is 0 Å². The maximum absolute atomic E-state index is 12.9. The average Bonchev–Trinajstić information content (AvgIpc) is 3.46. The van der Waals surface area contributed by atoms with Crippen LogP contribution in [0, 0.1) is 0 Å². The molecular formula is C74H130O6. The number of carbonyl (C=O) groups excluding carboxylic acids is 3. The lowest BCUT2D eigenvalue weighted by atomic mass is 10.0. The van der Waals surface area contributed by atoms with Gasteiger partial charge in [-0.15, -0.1) is 0 Å². The van der Waals surface area contributed by atoms with E-state index >= 15 is 0 Å². The summed E-state index contributed by atoms with van der Waals surface area (Å²) in [6.07, 6.45) is 90.4. The summed E-state index contributed by atoms with van der Waals surface area (Å²) in [4.78, 5) is 38.4. The first-order valence-electron chi connectivity index (χ1n) is 34.6. The molecule has 0 bridgehead atoms. The molecule has 80 heavy (non-hydrogen) atoms. The Morgan fingerprint density at radius 3 is 0.787 bits per heavy atom. The molecule has 0 radical (unpaired) electrons. The van der Waals surface area contributed by atoms with Crippen LogP contribution in [0.1, 0.15) is 348 Å². The first-order valence-corrected chi connectivity index (χ1v) is 34.6. The molecule has 462 valence electrons. The second-order valence-corrected chi connectivity index (χ2v) is 23.1. The van der Waals surface area contributed by atoms with E-state index in [-0.39, 0.29) is 31.1 Å². The number of unbranched alkanes of at least 4 members (excludes halogenated alkanes) is 38. The largest absolute Gasteiger partial charge is 0.462 e. The van der Waals surface area contributed by atoms with Crippen molar-refractivity contribution in [3.8, 4) is 0 Å². The fourth-order valence-corrected chi connectivity index (χ4v) is 9.97. The highest BCUT2D eigenvalue weighted by atomic mass is 16.6. The highest BCUT2D eigenvalue weighted by molar-refractivity contribution is 5.71. The Morgan fingerprint density at radius 1 is 0.263 bits per heavy atom. The molecule has 0 fully saturated rings. The van der Waals surface area contributed by atoms with E-state index in [4.69, 9.17) is 14.2 Å². The van der Waals surface area contributed by atoms with Crippen molar-refractivity contribution in [3.63, 3.8) is 0 Å². The van der Waals surface area contributed by atoms with Gasteiger partial charge in [0.25, 0.3) is 0 Å². The number of rotatable bonds is 63. The quantitative estimate of drug-likeness (QED) is 0.0261. The Labute approximate surface area is 496 Å². The van der Waals surface area contributed by atoms with Crippen LogP contribution in [0.4, 0.5) is 0 Å². The van der Waals surface area contributed by atoms with Gasteiger partial charge in [0, 0.05) is 19.3 Å². The molecule has 0 rings (SSSR count). The molecule has 0 aliphatic rings. The van der Waals surface area contributed by atoms with Crippen LogP contribution in [-0.2, 0) is 28.6 Å². The van der Waals surface area contributed by atoms with E-state index in [0.717, 1.165) is 109 Å². The molecule has 0 aromatic carbocycles. The van der Waals surface area contributed by atoms with Crippen molar-refractivity contribution in [2.45, 2.75) is 354 Å². The fraction of sp³-hybridized carbons (Fsp3) is 0.770. The molecule has 0 heterocycles. The van der Waals surface area contributed by atoms with E-state index in [9.17, 15) is 14.4 Å². The molecule has 0 N–H and O–H groups in total. The van der Waals surface area contributed by atoms with Gasteiger partial charge in [0.15, 0.2) is 6.10 Å². The van der Waals surface area contributed by atoms with Crippen LogP contribution in [0.15, 0.2) is 85.1 Å². The van der Waals surface area contributed by atoms with Crippen LogP contribution in [0.25, 0.3) is 0 Å². The second-order valence-electron chi connectivity index (χ2n) is 23.1. The van der Waals surface area contributed by atoms with Crippen LogP contribution in [0.3, 0.4) is 0 Å². The van der Waals surface area contributed by atoms with Crippen LogP contribution >= 0.6 is 0 Å². The first-order chi connectivity index (χ1) is 39.5. The Bertz CT molecular complexity index is 1520. The maximum atomic E-state index is 12.9. The molecule has 0 saturated heterocycles. The van der Waals surface area contributed by atoms with Gasteiger partial charge in [0.05, 0.1) is 0 Å². The molecule has 1 unspecified atom stereocenters. The number of hydrogen-bond donors (Lipinski definition) is 0. The van der Waals surface area contributed by atoms with Crippen molar-refractivity contribution in [3.05, 3.63) is 85.1 Å². The zero-order valence-electron chi connectivity index (χ0n) is 53.1. The molecule has 6 nitrogen and oxygen atoms in total. The van der Waals surface area contributed by atoms with Crippen LogP contribution in [0.2, 0.25) is 0 Å². The van der Waals surface area contributed by atoms with Crippen LogP contribution < -0.4 is 0 Å². The van der Waals surface area contributed by atoms with Gasteiger partial charge in [-0.3, -0.25) is 14.4 Å². The molecule has 0 aliphatic carbocycles. The van der Waals surface area contributed by atoms with E-state index in [1.807, 2.05) is 0 Å². The summed E-state index contributed by atoms with van der Waals surface area (Å²) in [5.74, 6) is -0.933. The van der Waals surface area contributed by atoms with Crippen molar-refractivity contribution in [2.24, 2.45) is 0 Å². The zero-order chi connectivity index (χ0) is 57.8. The lowest BCUT2D eigenvalue weighted by Crippen LogP contribution is -2.30. The summed E-state index contributed by atoms with van der Waals surface area (Å²) >= 11 is 0. The minimum absolute atomic E-state index is 0.0927. The molecule has 0 spiro atoms. The highest BCUT2D eigenvalue weighted by Gasteiger charge is 2.19. The number of hydrogen-bond acceptors (Lipinski definition) is 6. The first kappa shape index (κ1) is 76.6. The predicted octanol–water partition coefficient (Wildman–Crippen LogP) is 23.8. The van der Waals surface area contributed by atoms with Crippen molar-refractivity contribution < 1.29 is 28.6 Å². The summed E-state index contributed by atoms with van der Waals surface area (Å²) in [7, 11) is 0. The normalized spacial score (nSPS) is 12.6. The number of ether oxygens (including phenoxy) is 3. The molecule has 0 saturated carbocycles. The van der Waals surface area contributed by atoms with Gasteiger partial charge in [-0.05, 0) is 96.3 Å². The predicted molar refractivity (Wildman–Crippen MR) is 348 cm³/mol. The number of allylic oxidation sites excluding steroid dienone is 14. The summed E-state index contributed by atoms with van der Waals surface area (Å²) in [5, 5.41) is 0. The lowest BCUT2D eigenvalue weighted by Gasteiger charge is -2.18. The van der Waals surface area contributed by atoms with E-state index in [0.29, 0.717) is 19.3 Å². The van der Waals surface area contributed by atoms with E-state index in [2.05, 4.69) is 106 Å². The lowest BCUT2D eigenvalue weighted by molar-refractivity contribution is -0.167. The van der Waals surface area contributed by atoms with Crippen LogP contribution in [0.5, 0.6) is 0 Å². The smallest absolute Gasteiger partial charge is 0.306 e. The number of esters is 3. The van der Waals surface area contributed by atoms with Gasteiger partial charge >= 0.3 is 17.9 Å². The Kier molecular flexibility index (Phi) is 65.2. The fourth-order valence-electron chi connectivity index (χ4n) is 9.97. The third-order valence-corrected chi connectivity index (χ3v) is 15.1. The molecule has 1 atom stereocenters. The summed E-state index contributed by atoms with van der Waals surface area (Å²) in [6, 6.07) is 0. The van der Waals surface area contributed by atoms with E-state index < -0.39 is 6.10 Å². The van der Waals surface area contributed by atoms with Crippen molar-refractivity contribution >= 4 is 17.9 Å². The third-order valence-electron chi connectivity index (χ3n) is 15.1. The van der Waals surface area contributed by atoms with Crippen molar-refractivity contribution in [2.75, 3.05) is 13.2 Å². The summed E-state index contributed by atoms with van der Waals surface area (Å²) in [5.41, 5.74) is 0. The third kappa shape index (κ3) is 65.4. The van der Waals surface area contributed by atoms with Gasteiger partial charge < -0.3 is 14.2 Å². The molecular weight excluding hydrogens is 985 g/mol. The standard InChI is InChI=1S/C74H130O6/c1-4-7-10-13-16-19-22-25-28-30-32-34-35-36-37-38-40-41-43-46-49-52-55-58-61-64-67-73(76)79-70-71(69-78-72(75)66-63-60-57-54-51-48-45-27-24-21-18-15-12-9-6-3)80-74(77)68-65-62-59-56-53-50-47-44-42-39-33-31-29-26-23-20-17-14-11-8-5-2/h9,12,18,21,23,26-27,31,33,42,44-45,51,54,71H,4-8,10-11,13-17,19-20,22,24-25,28-30,32,34-41,43,46-50,52-53,55-70H2,1-3H3/b12-9-,21-18-,26-23-,33-31-,44-42-,45-27-,54-51-.